The van der Waals surface area contributed by atoms with E-state index in [0.29, 0.717) is 29.4 Å². The molecule has 3 heteroatoms. The third kappa shape index (κ3) is 2.01. The van der Waals surface area contributed by atoms with Crippen molar-refractivity contribution in [1.82, 2.24) is 0 Å². The molecule has 0 aromatic heterocycles. The van der Waals surface area contributed by atoms with Crippen molar-refractivity contribution in [2.45, 2.75) is 51.0 Å². The largest absolute Gasteiger partial charge is 0.508 e. The van der Waals surface area contributed by atoms with Crippen LogP contribution in [0.2, 0.25) is 0 Å². The summed E-state index contributed by atoms with van der Waals surface area (Å²) in [6.07, 6.45) is 5.61. The van der Waals surface area contributed by atoms with Crippen LogP contribution in [-0.4, -0.2) is 21.6 Å². The van der Waals surface area contributed by atoms with Gasteiger partial charge in [0.25, 0.3) is 0 Å². The fourth-order valence-corrected chi connectivity index (χ4v) is 6.49. The van der Waals surface area contributed by atoms with Crippen molar-refractivity contribution >= 4 is 15.9 Å². The van der Waals surface area contributed by atoms with Gasteiger partial charge in [-0.2, -0.15) is 0 Å². The van der Waals surface area contributed by atoms with Crippen molar-refractivity contribution < 1.29 is 10.2 Å². The number of alkyl halides is 1. The van der Waals surface area contributed by atoms with Gasteiger partial charge in [0.15, 0.2) is 0 Å². The van der Waals surface area contributed by atoms with Crippen molar-refractivity contribution in [3.8, 4) is 5.75 Å². The van der Waals surface area contributed by atoms with Gasteiger partial charge in [-0.15, -0.1) is 0 Å². The highest BCUT2D eigenvalue weighted by Gasteiger charge is 2.57. The molecule has 1 aromatic carbocycles. The lowest BCUT2D eigenvalue weighted by Gasteiger charge is -2.50. The molecule has 0 bridgehead atoms. The van der Waals surface area contributed by atoms with Crippen LogP contribution in [0, 0.1) is 23.2 Å². The molecule has 2 fully saturated rings. The Labute approximate surface area is 141 Å². The van der Waals surface area contributed by atoms with E-state index in [0.717, 1.165) is 24.6 Å². The molecule has 0 spiro atoms. The summed E-state index contributed by atoms with van der Waals surface area (Å²) in [6.45, 7) is 2.33. The molecule has 0 amide bonds. The smallest absolute Gasteiger partial charge is 0.115 e. The molecule has 3 aliphatic carbocycles. The molecule has 22 heavy (non-hydrogen) atoms. The Hall–Kier alpha value is -0.540. The first-order valence-corrected chi connectivity index (χ1v) is 9.72. The highest BCUT2D eigenvalue weighted by molar-refractivity contribution is 9.09. The topological polar surface area (TPSA) is 40.5 Å². The van der Waals surface area contributed by atoms with Gasteiger partial charge < -0.3 is 10.2 Å². The SMILES string of the molecule is C[C@]12CC[C@@H]3c4ccc(O)cc4CC[C@H]3[C@@H]1C[C@@H](CBr)C2O. The maximum atomic E-state index is 10.8. The predicted molar refractivity (Wildman–Crippen MR) is 91.4 cm³/mol. The summed E-state index contributed by atoms with van der Waals surface area (Å²) < 4.78 is 0. The lowest BCUT2D eigenvalue weighted by molar-refractivity contribution is -0.0304. The number of hydrogen-bond donors (Lipinski definition) is 2. The molecule has 3 aliphatic rings. The fourth-order valence-electron chi connectivity index (χ4n) is 5.87. The van der Waals surface area contributed by atoms with Gasteiger partial charge in [0.2, 0.25) is 0 Å². The van der Waals surface area contributed by atoms with Gasteiger partial charge in [-0.25, -0.2) is 0 Å². The number of aromatic hydroxyl groups is 1. The molecule has 0 heterocycles. The van der Waals surface area contributed by atoms with Crippen molar-refractivity contribution in [3.63, 3.8) is 0 Å². The maximum absolute atomic E-state index is 10.8. The Morgan fingerprint density at radius 2 is 2.14 bits per heavy atom. The fraction of sp³-hybridized carbons (Fsp3) is 0.684. The van der Waals surface area contributed by atoms with E-state index in [1.54, 1.807) is 0 Å². The molecule has 6 atom stereocenters. The van der Waals surface area contributed by atoms with Gasteiger partial charge >= 0.3 is 0 Å². The van der Waals surface area contributed by atoms with E-state index in [4.69, 9.17) is 0 Å². The number of halogens is 1. The van der Waals surface area contributed by atoms with E-state index >= 15 is 0 Å². The summed E-state index contributed by atoms with van der Waals surface area (Å²) in [5.41, 5.74) is 2.92. The summed E-state index contributed by atoms with van der Waals surface area (Å²) in [5.74, 6) is 2.78. The highest BCUT2D eigenvalue weighted by atomic mass is 79.9. The van der Waals surface area contributed by atoms with Crippen LogP contribution in [0.25, 0.3) is 0 Å². The summed E-state index contributed by atoms with van der Waals surface area (Å²) >= 11 is 3.61. The van der Waals surface area contributed by atoms with E-state index < -0.39 is 0 Å². The standard InChI is InChI=1S/C19H25BrO2/c1-19-7-6-15-14-5-3-13(21)8-11(14)2-4-16(15)17(19)9-12(10-20)18(19)22/h3,5,8,12,15-18,21-22H,2,4,6-7,9-10H2,1H3/t12-,15+,16+,17-,18?,19-/m0/s1. The quantitative estimate of drug-likeness (QED) is 0.732. The van der Waals surface area contributed by atoms with Crippen LogP contribution in [-0.2, 0) is 6.42 Å². The van der Waals surface area contributed by atoms with Crippen LogP contribution in [0.1, 0.15) is 49.7 Å². The maximum Gasteiger partial charge on any atom is 0.115 e. The highest BCUT2D eigenvalue weighted by Crippen LogP contribution is 2.62. The Bertz CT molecular complexity index is 587. The minimum atomic E-state index is -0.154. The first-order valence-electron chi connectivity index (χ1n) is 8.60. The van der Waals surface area contributed by atoms with Gasteiger partial charge in [-0.3, -0.25) is 0 Å². The summed E-state index contributed by atoms with van der Waals surface area (Å²) in [7, 11) is 0. The van der Waals surface area contributed by atoms with Gasteiger partial charge in [-0.05, 0) is 84.5 Å². The molecule has 2 saturated carbocycles. The first-order chi connectivity index (χ1) is 10.5. The zero-order chi connectivity index (χ0) is 15.5. The van der Waals surface area contributed by atoms with Crippen molar-refractivity contribution in [1.29, 1.82) is 0 Å². The number of aryl methyl sites for hydroxylation is 1. The van der Waals surface area contributed by atoms with Crippen LogP contribution in [0.5, 0.6) is 5.75 Å². The number of hydrogen-bond acceptors (Lipinski definition) is 2. The van der Waals surface area contributed by atoms with Gasteiger partial charge in [0, 0.05) is 5.33 Å². The molecular weight excluding hydrogens is 340 g/mol. The average molecular weight is 365 g/mol. The molecule has 2 N–H and O–H groups in total. The van der Waals surface area contributed by atoms with Crippen LogP contribution < -0.4 is 0 Å². The number of rotatable bonds is 1. The molecule has 0 aliphatic heterocycles. The summed E-state index contributed by atoms with van der Waals surface area (Å²) in [6, 6.07) is 5.96. The average Bonchev–Trinajstić information content (AvgIpc) is 2.78. The number of phenols is 1. The monoisotopic (exact) mass is 364 g/mol. The van der Waals surface area contributed by atoms with Crippen LogP contribution in [0.4, 0.5) is 0 Å². The molecular formula is C19H25BrO2. The third-order valence-corrected chi connectivity index (χ3v) is 7.86. The number of aliphatic hydroxyl groups excluding tert-OH is 1. The number of phenolic OH excluding ortho intramolecular Hbond substituents is 1. The second-order valence-corrected chi connectivity index (χ2v) is 8.59. The third-order valence-electron chi connectivity index (χ3n) is 7.02. The Balaban J connectivity index is 1.69. The Morgan fingerprint density at radius 1 is 1.32 bits per heavy atom. The molecule has 1 unspecified atom stereocenters. The number of benzene rings is 1. The van der Waals surface area contributed by atoms with Gasteiger partial charge in [-0.1, -0.05) is 28.9 Å². The van der Waals surface area contributed by atoms with E-state index in [2.05, 4.69) is 28.9 Å². The normalized spacial score (nSPS) is 43.3. The predicted octanol–water partition coefficient (Wildman–Crippen LogP) is 4.23. The number of fused-ring (bicyclic) bond motifs is 5. The van der Waals surface area contributed by atoms with Crippen LogP contribution >= 0.6 is 15.9 Å². The van der Waals surface area contributed by atoms with E-state index in [9.17, 15) is 10.2 Å². The summed E-state index contributed by atoms with van der Waals surface area (Å²) in [5, 5.41) is 21.5. The van der Waals surface area contributed by atoms with Crippen LogP contribution in [0.15, 0.2) is 18.2 Å². The summed E-state index contributed by atoms with van der Waals surface area (Å²) in [4.78, 5) is 0. The molecule has 4 rings (SSSR count). The molecule has 1 aromatic rings. The molecule has 0 saturated heterocycles. The van der Waals surface area contributed by atoms with E-state index in [1.165, 1.54) is 24.0 Å². The second kappa shape index (κ2) is 5.24. The lowest BCUT2D eigenvalue weighted by Crippen LogP contribution is -2.44. The second-order valence-electron chi connectivity index (χ2n) is 7.94. The lowest BCUT2D eigenvalue weighted by atomic mass is 9.55. The van der Waals surface area contributed by atoms with Gasteiger partial charge in [0.1, 0.15) is 5.75 Å². The minimum absolute atomic E-state index is 0.105. The Kier molecular flexibility index (Phi) is 3.58. The first kappa shape index (κ1) is 15.0. The zero-order valence-electron chi connectivity index (χ0n) is 13.1. The molecule has 2 nitrogen and oxygen atoms in total. The molecule has 120 valence electrons. The van der Waals surface area contributed by atoms with Crippen molar-refractivity contribution in [2.75, 3.05) is 5.33 Å². The number of aliphatic hydroxyl groups is 1. The van der Waals surface area contributed by atoms with E-state index in [-0.39, 0.29) is 11.5 Å². The molecule has 0 radical (unpaired) electrons. The minimum Gasteiger partial charge on any atom is -0.508 e. The van der Waals surface area contributed by atoms with E-state index in [1.807, 2.05) is 12.1 Å². The van der Waals surface area contributed by atoms with Gasteiger partial charge in [0.05, 0.1) is 6.10 Å². The zero-order valence-corrected chi connectivity index (χ0v) is 14.7. The van der Waals surface area contributed by atoms with Crippen LogP contribution in [0.3, 0.4) is 0 Å². The van der Waals surface area contributed by atoms with Crippen molar-refractivity contribution in [2.24, 2.45) is 23.2 Å². The Morgan fingerprint density at radius 3 is 2.91 bits per heavy atom. The van der Waals surface area contributed by atoms with Crippen molar-refractivity contribution in [3.05, 3.63) is 29.3 Å².